The number of amides is 3. The van der Waals surface area contributed by atoms with Crippen LogP contribution in [-0.2, 0) is 50.7 Å². The van der Waals surface area contributed by atoms with Gasteiger partial charge in [0, 0.05) is 42.3 Å². The molecule has 0 aliphatic carbocycles. The van der Waals surface area contributed by atoms with Gasteiger partial charge in [0.15, 0.2) is 5.60 Å². The van der Waals surface area contributed by atoms with E-state index < -0.39 is 36.7 Å². The third-order valence-corrected chi connectivity index (χ3v) is 18.3. The van der Waals surface area contributed by atoms with E-state index in [1.807, 2.05) is 104 Å². The van der Waals surface area contributed by atoms with Crippen molar-refractivity contribution in [2.75, 3.05) is 23.5 Å². The monoisotopic (exact) mass is 850 g/mol. The molecule has 0 bridgehead atoms. The fraction of sp³-hybridized carbons (Fsp3) is 0.327. The predicted molar refractivity (Wildman–Crippen MR) is 238 cm³/mol. The number of carbonyl (C=O) groups excluding carboxylic acids is 3. The van der Waals surface area contributed by atoms with Gasteiger partial charge in [-0.3, -0.25) is 29.4 Å². The van der Waals surface area contributed by atoms with Crippen molar-refractivity contribution in [2.24, 2.45) is 5.92 Å². The first-order valence-corrected chi connectivity index (χ1v) is 24.3. The number of nitrogens with zero attached hydrogens (tertiary/aromatic N) is 4. The van der Waals surface area contributed by atoms with Crippen LogP contribution in [0.3, 0.4) is 0 Å². The predicted octanol–water partition coefficient (Wildman–Crippen LogP) is 7.31. The van der Waals surface area contributed by atoms with Gasteiger partial charge >= 0.3 is 0 Å². The van der Waals surface area contributed by atoms with E-state index in [2.05, 4.69) is 13.1 Å². The van der Waals surface area contributed by atoms with Crippen LogP contribution in [0.1, 0.15) is 47.6 Å². The molecule has 1 spiro atoms. The van der Waals surface area contributed by atoms with Gasteiger partial charge in [0.25, 0.3) is 11.6 Å². The minimum Gasteiger partial charge on any atom is -0.497 e. The fourth-order valence-electron chi connectivity index (χ4n) is 10.7. The number of aliphatic hydroxyl groups is 1. The number of benzene rings is 5. The summed E-state index contributed by atoms with van der Waals surface area (Å²) < 4.78 is 12.7. The van der Waals surface area contributed by atoms with Crippen molar-refractivity contribution in [2.45, 2.75) is 82.1 Å². The number of hydrogen-bond acceptors (Lipinski definition) is 8. The lowest BCUT2D eigenvalue weighted by Gasteiger charge is -2.39. The van der Waals surface area contributed by atoms with Crippen LogP contribution >= 0.6 is 0 Å². The Kier molecular flexibility index (Phi) is 10.6. The molecule has 62 heavy (non-hydrogen) atoms. The highest BCUT2D eigenvalue weighted by Crippen LogP contribution is 2.60. The molecule has 5 aromatic rings. The third kappa shape index (κ3) is 6.79. The van der Waals surface area contributed by atoms with Crippen LogP contribution < -0.4 is 19.7 Å². The van der Waals surface area contributed by atoms with Crippen molar-refractivity contribution in [1.82, 2.24) is 4.90 Å². The highest BCUT2D eigenvalue weighted by Gasteiger charge is 2.67. The molecule has 1 fully saturated rings. The lowest BCUT2D eigenvalue weighted by molar-refractivity contribution is -0.385. The molecule has 318 valence electrons. The number of fused-ring (bicyclic) bond motifs is 4. The van der Waals surface area contributed by atoms with Crippen LogP contribution in [-0.4, -0.2) is 66.6 Å². The van der Waals surface area contributed by atoms with E-state index >= 15 is 4.79 Å². The topological polar surface area (TPSA) is 143 Å². The zero-order chi connectivity index (χ0) is 43.5. The molecule has 13 heteroatoms. The molecule has 1 N–H and O–H groups in total. The van der Waals surface area contributed by atoms with Crippen molar-refractivity contribution < 1.29 is 33.9 Å². The number of ether oxygens (including phenoxy) is 2. The second-order valence-electron chi connectivity index (χ2n) is 17.6. The molecule has 0 unspecified atom stereocenters. The van der Waals surface area contributed by atoms with E-state index in [9.17, 15) is 24.8 Å². The van der Waals surface area contributed by atoms with Crippen LogP contribution in [0.4, 0.5) is 22.7 Å². The van der Waals surface area contributed by atoms with Crippen molar-refractivity contribution in [3.05, 3.63) is 153 Å². The zero-order valence-corrected chi connectivity index (χ0v) is 36.3. The van der Waals surface area contributed by atoms with Gasteiger partial charge in [0.05, 0.1) is 63.2 Å². The molecule has 0 aromatic heterocycles. The number of methoxy groups -OCH3 is 1. The molecular weight excluding hydrogens is 801 g/mol. The number of carbonyl (C=O) groups is 3. The first-order chi connectivity index (χ1) is 29.8. The fourth-order valence-corrected chi connectivity index (χ4v) is 14.8. The lowest BCUT2D eigenvalue weighted by atomic mass is 9.82. The number of rotatable bonds is 10. The van der Waals surface area contributed by atoms with E-state index in [1.54, 1.807) is 27.9 Å². The van der Waals surface area contributed by atoms with Crippen molar-refractivity contribution in [1.29, 1.82) is 0 Å². The Morgan fingerprint density at radius 2 is 1.60 bits per heavy atom. The highest BCUT2D eigenvalue weighted by atomic mass is 28.3. The van der Waals surface area contributed by atoms with Crippen LogP contribution in [0.2, 0.25) is 18.6 Å². The van der Waals surface area contributed by atoms with Crippen LogP contribution in [0, 0.1) is 16.0 Å². The maximum Gasteiger partial charge on any atom is 0.269 e. The Balaban J connectivity index is 1.09. The molecule has 0 saturated carbocycles. The normalized spacial score (nSPS) is 23.0. The number of para-hydroxylation sites is 1. The molecule has 4 aliphatic heterocycles. The van der Waals surface area contributed by atoms with Gasteiger partial charge < -0.3 is 24.4 Å². The van der Waals surface area contributed by atoms with E-state index in [0.717, 1.165) is 38.8 Å². The average molecular weight is 851 g/mol. The molecule has 1 saturated heterocycles. The van der Waals surface area contributed by atoms with E-state index in [-0.39, 0.29) is 48.5 Å². The summed E-state index contributed by atoms with van der Waals surface area (Å²) in [5.41, 5.74) is 4.43. The number of non-ortho nitro benzene ring substituents is 1. The Morgan fingerprint density at radius 3 is 2.29 bits per heavy atom. The standard InChI is InChI=1S/C49H50N4O8Si/c1-31-47(62(3,4)40-21-19-39(60-2)20-22-40)44(27-46(56)50-29-35-11-6-5-10-34(35)25-38(50)30-54)61-49(31)41-26-37(53(58)59)18-23-43(41)51(48(49)57)28-32-13-16-36(17-14-32)52-42-12-8-7-9-33(42)15-24-45(52)55/h5-14,16-23,26,31,38,44,47,54H,15,24-25,27-30H2,1-4H3/t31-,38+,44+,47-,49+/m1/s1. The summed E-state index contributed by atoms with van der Waals surface area (Å²) in [5, 5.41) is 24.0. The second-order valence-corrected chi connectivity index (χ2v) is 22.3. The summed E-state index contributed by atoms with van der Waals surface area (Å²) >= 11 is 0. The zero-order valence-electron chi connectivity index (χ0n) is 35.3. The first kappa shape index (κ1) is 41.2. The molecule has 5 aromatic carbocycles. The van der Waals surface area contributed by atoms with Gasteiger partial charge in [0.1, 0.15) is 5.75 Å². The number of anilines is 3. The Morgan fingerprint density at radius 1 is 0.903 bits per heavy atom. The summed E-state index contributed by atoms with van der Waals surface area (Å²) in [6.45, 7) is 6.73. The van der Waals surface area contributed by atoms with E-state index in [0.29, 0.717) is 42.8 Å². The number of aliphatic hydroxyl groups excluding tert-OH is 1. The molecule has 12 nitrogen and oxygen atoms in total. The maximum absolute atomic E-state index is 15.5. The average Bonchev–Trinajstić information content (AvgIpc) is 3.71. The smallest absolute Gasteiger partial charge is 0.269 e. The lowest BCUT2D eigenvalue weighted by Crippen LogP contribution is -2.52. The summed E-state index contributed by atoms with van der Waals surface area (Å²) in [7, 11) is -1.06. The number of nitro benzene ring substituents is 1. The summed E-state index contributed by atoms with van der Waals surface area (Å²) in [4.78, 5) is 60.4. The molecule has 4 heterocycles. The van der Waals surface area contributed by atoms with Crippen LogP contribution in [0.5, 0.6) is 5.75 Å². The Bertz CT molecular complexity index is 2580. The molecule has 0 radical (unpaired) electrons. The minimum absolute atomic E-state index is 0.0108. The third-order valence-electron chi connectivity index (χ3n) is 13.9. The van der Waals surface area contributed by atoms with Gasteiger partial charge in [-0.15, -0.1) is 0 Å². The van der Waals surface area contributed by atoms with Crippen LogP contribution in [0.25, 0.3) is 0 Å². The molecule has 3 amide bonds. The van der Waals surface area contributed by atoms with Gasteiger partial charge in [-0.1, -0.05) is 91.9 Å². The minimum atomic E-state index is -2.67. The summed E-state index contributed by atoms with van der Waals surface area (Å²) in [6, 6.07) is 35.4. The molecule has 9 rings (SSSR count). The van der Waals surface area contributed by atoms with Gasteiger partial charge in [-0.05, 0) is 77.0 Å². The quantitative estimate of drug-likeness (QED) is 0.0876. The van der Waals surface area contributed by atoms with Crippen molar-refractivity contribution in [3.63, 3.8) is 0 Å². The van der Waals surface area contributed by atoms with E-state index in [1.165, 1.54) is 12.1 Å². The molecule has 5 atom stereocenters. The number of nitro groups is 1. The van der Waals surface area contributed by atoms with Crippen molar-refractivity contribution in [3.8, 4) is 5.75 Å². The van der Waals surface area contributed by atoms with Gasteiger partial charge in [-0.2, -0.15) is 0 Å². The van der Waals surface area contributed by atoms with E-state index in [4.69, 9.17) is 9.47 Å². The SMILES string of the molecule is COc1ccc([Si](C)(C)[C@H]2[C@H](CC(=O)N3Cc4ccccc4C[C@H]3CO)O[C@@]3(C(=O)N(Cc4ccc(N5C(=O)CCc6ccccc65)cc4)c4ccc([N+](=O)[O-])cc43)[C@@H]2C)cc1. The summed E-state index contributed by atoms with van der Waals surface area (Å²) in [6.07, 6.45) is 0.834. The Hall–Kier alpha value is -6.15. The molecular formula is C49H50N4O8Si. The maximum atomic E-state index is 15.5. The van der Waals surface area contributed by atoms with Gasteiger partial charge in [0.2, 0.25) is 11.8 Å². The van der Waals surface area contributed by atoms with Gasteiger partial charge in [-0.25, -0.2) is 0 Å². The Labute approximate surface area is 361 Å². The van der Waals surface area contributed by atoms with Crippen LogP contribution in [0.15, 0.2) is 115 Å². The summed E-state index contributed by atoms with van der Waals surface area (Å²) in [5.74, 6) is -0.318. The largest absolute Gasteiger partial charge is 0.497 e. The second kappa shape index (κ2) is 16.0. The highest BCUT2D eigenvalue weighted by molar-refractivity contribution is 6.91. The number of hydrogen-bond donors (Lipinski definition) is 1. The van der Waals surface area contributed by atoms with Crippen molar-refractivity contribution >= 4 is 53.7 Å². The molecule has 4 aliphatic rings. The first-order valence-electron chi connectivity index (χ1n) is 21.3. The number of aryl methyl sites for hydroxylation is 1.